The molecule has 2 saturated heterocycles. The van der Waals surface area contributed by atoms with E-state index in [1.807, 2.05) is 4.90 Å². The van der Waals surface area contributed by atoms with Gasteiger partial charge in [0.15, 0.2) is 0 Å². The van der Waals surface area contributed by atoms with Gasteiger partial charge in [-0.1, -0.05) is 12.1 Å². The maximum Gasteiger partial charge on any atom is 0.295 e. The molecule has 20 heavy (non-hydrogen) atoms. The molecule has 0 aliphatic carbocycles. The summed E-state index contributed by atoms with van der Waals surface area (Å²) in [5.74, 6) is 1.33. The van der Waals surface area contributed by atoms with E-state index < -0.39 is 0 Å². The van der Waals surface area contributed by atoms with E-state index in [4.69, 9.17) is 4.52 Å². The van der Waals surface area contributed by atoms with Crippen molar-refractivity contribution in [2.24, 2.45) is 5.92 Å². The third-order valence-electron chi connectivity index (χ3n) is 4.39. The zero-order valence-corrected chi connectivity index (χ0v) is 12.1. The Morgan fingerprint density at radius 1 is 1.40 bits per heavy atom. The van der Waals surface area contributed by atoms with Crippen LogP contribution in [0, 0.1) is 5.92 Å². The fourth-order valence-corrected chi connectivity index (χ4v) is 3.20. The smallest absolute Gasteiger partial charge is 0.295 e. The minimum atomic E-state index is -0.0996. The number of likely N-dealkylation sites (tertiary alicyclic amines) is 1. The highest BCUT2D eigenvalue weighted by atomic mass is 16.5. The number of nitrogens with zero attached hydrogens (tertiary/aromatic N) is 3. The van der Waals surface area contributed by atoms with Crippen molar-refractivity contribution in [2.45, 2.75) is 51.6 Å². The number of hydrogen-bond donors (Lipinski definition) is 1. The number of nitrogens with one attached hydrogen (secondary N) is 1. The van der Waals surface area contributed by atoms with E-state index in [0.29, 0.717) is 11.8 Å². The normalized spacial score (nSPS) is 30.7. The molecule has 3 unspecified atom stereocenters. The van der Waals surface area contributed by atoms with Gasteiger partial charge in [-0.25, -0.2) is 0 Å². The Hall–Kier alpha value is -1.43. The molecule has 2 aliphatic rings. The molecule has 0 aromatic carbocycles. The molecule has 1 aromatic heterocycles. The Kier molecular flexibility index (Phi) is 3.74. The second kappa shape index (κ2) is 5.52. The number of rotatable bonds is 2. The van der Waals surface area contributed by atoms with Gasteiger partial charge in [0.1, 0.15) is 0 Å². The molecule has 2 fully saturated rings. The summed E-state index contributed by atoms with van der Waals surface area (Å²) >= 11 is 0. The van der Waals surface area contributed by atoms with Gasteiger partial charge in [-0.2, -0.15) is 4.98 Å². The van der Waals surface area contributed by atoms with Gasteiger partial charge in [-0.05, 0) is 45.1 Å². The van der Waals surface area contributed by atoms with Crippen LogP contribution in [-0.2, 0) is 0 Å². The fraction of sp³-hybridized carbons (Fsp3) is 0.786. The van der Waals surface area contributed by atoms with Crippen LogP contribution in [0.15, 0.2) is 4.52 Å². The second-order valence-corrected chi connectivity index (χ2v) is 6.08. The Labute approximate surface area is 118 Å². The molecule has 110 valence electrons. The average Bonchev–Trinajstić information content (AvgIpc) is 3.09. The summed E-state index contributed by atoms with van der Waals surface area (Å²) in [4.78, 5) is 18.6. The monoisotopic (exact) mass is 278 g/mol. The summed E-state index contributed by atoms with van der Waals surface area (Å²) in [5, 5.41) is 7.17. The van der Waals surface area contributed by atoms with Crippen LogP contribution in [0.2, 0.25) is 0 Å². The molecule has 0 radical (unpaired) electrons. The lowest BCUT2D eigenvalue weighted by atomic mass is 9.93. The van der Waals surface area contributed by atoms with Crippen LogP contribution in [0.4, 0.5) is 0 Å². The molecule has 1 aromatic rings. The van der Waals surface area contributed by atoms with Crippen LogP contribution in [0.5, 0.6) is 0 Å². The molecule has 1 N–H and O–H groups in total. The van der Waals surface area contributed by atoms with Gasteiger partial charge in [-0.3, -0.25) is 4.79 Å². The molecular weight excluding hydrogens is 256 g/mol. The Bertz CT molecular complexity index is 481. The van der Waals surface area contributed by atoms with Crippen molar-refractivity contribution in [3.8, 4) is 0 Å². The standard InChI is InChI=1S/C14H22N4O2/c1-9-5-7-18(10(2)8-9)14(19)12-16-13(20-17-12)11-4-3-6-15-11/h9-11,15H,3-8H2,1-2H3. The largest absolute Gasteiger partial charge is 0.337 e. The summed E-state index contributed by atoms with van der Waals surface area (Å²) in [5.41, 5.74) is 0. The number of hydrogen-bond acceptors (Lipinski definition) is 5. The van der Waals surface area contributed by atoms with Crippen molar-refractivity contribution < 1.29 is 9.32 Å². The minimum absolute atomic E-state index is 0.0996. The first-order valence-corrected chi connectivity index (χ1v) is 7.53. The lowest BCUT2D eigenvalue weighted by Gasteiger charge is -2.35. The molecule has 3 atom stereocenters. The van der Waals surface area contributed by atoms with E-state index in [1.165, 1.54) is 0 Å². The third kappa shape index (κ3) is 2.57. The van der Waals surface area contributed by atoms with E-state index in [9.17, 15) is 4.79 Å². The number of carbonyl (C=O) groups excluding carboxylic acids is 1. The van der Waals surface area contributed by atoms with Crippen molar-refractivity contribution in [2.75, 3.05) is 13.1 Å². The van der Waals surface area contributed by atoms with Crippen LogP contribution in [0.3, 0.4) is 0 Å². The first-order valence-electron chi connectivity index (χ1n) is 7.53. The van der Waals surface area contributed by atoms with Crippen molar-refractivity contribution in [3.63, 3.8) is 0 Å². The molecule has 6 heteroatoms. The molecule has 3 rings (SSSR count). The van der Waals surface area contributed by atoms with Gasteiger partial charge < -0.3 is 14.7 Å². The van der Waals surface area contributed by atoms with Gasteiger partial charge >= 0.3 is 0 Å². The summed E-state index contributed by atoms with van der Waals surface area (Å²) in [6.07, 6.45) is 4.19. The minimum Gasteiger partial charge on any atom is -0.337 e. The van der Waals surface area contributed by atoms with Gasteiger partial charge in [0.25, 0.3) is 11.7 Å². The summed E-state index contributed by atoms with van der Waals surface area (Å²) in [6, 6.07) is 0.362. The van der Waals surface area contributed by atoms with E-state index in [-0.39, 0.29) is 23.8 Å². The maximum absolute atomic E-state index is 12.5. The molecule has 0 spiro atoms. The Balaban J connectivity index is 1.70. The van der Waals surface area contributed by atoms with Crippen LogP contribution < -0.4 is 5.32 Å². The quantitative estimate of drug-likeness (QED) is 0.892. The van der Waals surface area contributed by atoms with E-state index in [2.05, 4.69) is 29.3 Å². The van der Waals surface area contributed by atoms with Gasteiger partial charge in [0.05, 0.1) is 6.04 Å². The topological polar surface area (TPSA) is 71.3 Å². The zero-order chi connectivity index (χ0) is 14.1. The fourth-order valence-electron chi connectivity index (χ4n) is 3.20. The van der Waals surface area contributed by atoms with E-state index in [1.54, 1.807) is 0 Å². The van der Waals surface area contributed by atoms with Crippen LogP contribution in [0.1, 0.15) is 62.1 Å². The van der Waals surface area contributed by atoms with Crippen molar-refractivity contribution >= 4 is 5.91 Å². The number of amides is 1. The summed E-state index contributed by atoms with van der Waals surface area (Å²) < 4.78 is 5.25. The molecule has 0 saturated carbocycles. The Morgan fingerprint density at radius 2 is 2.25 bits per heavy atom. The SMILES string of the molecule is CC1CCN(C(=O)c2noc(C3CCCN3)n2)C(C)C1. The maximum atomic E-state index is 12.5. The van der Waals surface area contributed by atoms with Crippen LogP contribution in [0.25, 0.3) is 0 Å². The predicted molar refractivity (Wildman–Crippen MR) is 73.2 cm³/mol. The zero-order valence-electron chi connectivity index (χ0n) is 12.1. The third-order valence-corrected chi connectivity index (χ3v) is 4.39. The van der Waals surface area contributed by atoms with E-state index >= 15 is 0 Å². The summed E-state index contributed by atoms with van der Waals surface area (Å²) in [6.45, 7) is 6.08. The van der Waals surface area contributed by atoms with E-state index in [0.717, 1.165) is 38.8 Å². The number of piperidine rings is 1. The van der Waals surface area contributed by atoms with Crippen molar-refractivity contribution in [3.05, 3.63) is 11.7 Å². The highest BCUT2D eigenvalue weighted by Gasteiger charge is 2.31. The second-order valence-electron chi connectivity index (χ2n) is 6.08. The molecule has 1 amide bonds. The molecular formula is C14H22N4O2. The predicted octanol–water partition coefficient (Wildman–Crippen LogP) is 1.75. The highest BCUT2D eigenvalue weighted by molar-refractivity contribution is 5.90. The van der Waals surface area contributed by atoms with Gasteiger partial charge in [0, 0.05) is 12.6 Å². The molecule has 0 bridgehead atoms. The van der Waals surface area contributed by atoms with Gasteiger partial charge in [0.2, 0.25) is 5.89 Å². The number of carbonyl (C=O) groups is 1. The lowest BCUT2D eigenvalue weighted by Crippen LogP contribution is -2.44. The van der Waals surface area contributed by atoms with Gasteiger partial charge in [-0.15, -0.1) is 0 Å². The average molecular weight is 278 g/mol. The van der Waals surface area contributed by atoms with Crippen LogP contribution in [-0.4, -0.2) is 40.1 Å². The summed E-state index contributed by atoms with van der Waals surface area (Å²) in [7, 11) is 0. The molecule has 6 nitrogen and oxygen atoms in total. The van der Waals surface area contributed by atoms with Crippen molar-refractivity contribution in [1.29, 1.82) is 0 Å². The first-order chi connectivity index (χ1) is 9.65. The number of aromatic nitrogens is 2. The first kappa shape index (κ1) is 13.5. The van der Waals surface area contributed by atoms with Crippen molar-refractivity contribution in [1.82, 2.24) is 20.4 Å². The highest BCUT2D eigenvalue weighted by Crippen LogP contribution is 2.25. The molecule has 2 aliphatic heterocycles. The Morgan fingerprint density at radius 3 is 2.95 bits per heavy atom. The lowest BCUT2D eigenvalue weighted by molar-refractivity contribution is 0.0573. The van der Waals surface area contributed by atoms with Crippen LogP contribution >= 0.6 is 0 Å². The molecule has 3 heterocycles.